The van der Waals surface area contributed by atoms with Gasteiger partial charge in [-0.05, 0) is 4.87 Å². The first-order chi connectivity index (χ1) is 2.27. The molecule has 0 aliphatic heterocycles. The summed E-state index contributed by atoms with van der Waals surface area (Å²) in [5, 5.41) is 0. The van der Waals surface area contributed by atoms with E-state index in [1.54, 1.807) is 0 Å². The van der Waals surface area contributed by atoms with Gasteiger partial charge in [0.05, 0.1) is 0 Å². The van der Waals surface area contributed by atoms with E-state index in [1.807, 2.05) is 0 Å². The molecule has 3 heteroatoms. The van der Waals surface area contributed by atoms with E-state index in [0.29, 0.717) is 4.87 Å². The smallest absolute Gasteiger partial charge is 0.177 e. The minimum absolute atomic E-state index is 0.500. The van der Waals surface area contributed by atoms with Crippen molar-refractivity contribution in [2.75, 3.05) is 14.1 Å². The van der Waals surface area contributed by atoms with Crippen LogP contribution in [0.4, 0.5) is 0 Å². The second-order valence-corrected chi connectivity index (χ2v) is 0.664. The van der Waals surface area contributed by atoms with Gasteiger partial charge in [0.15, 0.2) is 7.05 Å². The molecule has 0 rings (SSSR count). The van der Waals surface area contributed by atoms with Crippen LogP contribution in [0.3, 0.4) is 0 Å². The molecule has 5 heavy (non-hydrogen) atoms. The molecule has 0 aliphatic carbocycles. The molecule has 0 aliphatic rings. The van der Waals surface area contributed by atoms with Crippen molar-refractivity contribution in [2.45, 2.75) is 0 Å². The van der Waals surface area contributed by atoms with Gasteiger partial charge in [-0.3, -0.25) is 0 Å². The van der Waals surface area contributed by atoms with E-state index >= 15 is 0 Å². The van der Waals surface area contributed by atoms with Crippen LogP contribution in [0.1, 0.15) is 0 Å². The lowest BCUT2D eigenvalue weighted by atomic mass is 11.4. The molecule has 3 nitrogen and oxygen atoms in total. The Balaban J connectivity index is 2.85. The molecule has 0 saturated carbocycles. The van der Waals surface area contributed by atoms with Crippen LogP contribution < -0.4 is 0 Å². The van der Waals surface area contributed by atoms with Gasteiger partial charge in [0, 0.05) is 4.91 Å². The molecule has 0 radical (unpaired) electrons. The number of nitroso groups, excluding NO2 is 1. The molecular formula is C2H6N2O. The van der Waals surface area contributed by atoms with Gasteiger partial charge in [-0.25, -0.2) is 0 Å². The highest BCUT2D eigenvalue weighted by atomic mass is 16.3. The largest absolute Gasteiger partial charge is 0.395 e. The lowest BCUT2D eigenvalue weighted by molar-refractivity contribution is -0.465. The van der Waals surface area contributed by atoms with Gasteiger partial charge >= 0.3 is 0 Å². The fourth-order valence-corrected chi connectivity index (χ4v) is 0. The maximum atomic E-state index is 9.56. The van der Waals surface area contributed by atoms with E-state index in [-0.39, 0.29) is 0 Å². The van der Waals surface area contributed by atoms with Crippen molar-refractivity contribution in [2.24, 2.45) is 0 Å². The fraction of sp³-hybridized carbons (Fsp3) is 1.00. The second-order valence-electron chi connectivity index (χ2n) is 0.664. The highest BCUT2D eigenvalue weighted by Crippen LogP contribution is 1.67. The zero-order chi connectivity index (χ0) is 4.28. The second kappa shape index (κ2) is 1.69. The fourth-order valence-electron chi connectivity index (χ4n) is 0. The highest BCUT2D eigenvalue weighted by Gasteiger charge is 1.64. The first kappa shape index (κ1) is 4.40. The predicted molar refractivity (Wildman–Crippen MR) is 18.8 cm³/mol. The monoisotopic (exact) mass is 74.0 g/mol. The molecule has 30 valence electrons. The van der Waals surface area contributed by atoms with Crippen LogP contribution in [-0.2, 0) is 0 Å². The molecule has 0 aromatic rings. The molecule has 0 saturated heterocycles. The topological polar surface area (TPSA) is 34.2 Å². The minimum atomic E-state index is 0.500. The summed E-state index contributed by atoms with van der Waals surface area (Å²) in [6, 6.07) is 0. The van der Waals surface area contributed by atoms with Crippen molar-refractivity contribution in [1.29, 1.82) is 0 Å². The summed E-state index contributed by atoms with van der Waals surface area (Å²) < 4.78 is 0. The number of hydrogen-bond donors (Lipinski definition) is 0. The van der Waals surface area contributed by atoms with E-state index in [2.05, 4.69) is 5.43 Å². The van der Waals surface area contributed by atoms with Crippen molar-refractivity contribution >= 4 is 0 Å². The van der Waals surface area contributed by atoms with Crippen molar-refractivity contribution < 1.29 is 4.87 Å². The maximum absolute atomic E-state index is 9.56. The summed E-state index contributed by atoms with van der Waals surface area (Å²) in [6.07, 6.45) is 0. The Kier molecular flexibility index (Phi) is 1.49. The standard InChI is InChI=1S/C2H6N2O/c1-3-4(2)5/h1-2H3. The summed E-state index contributed by atoms with van der Waals surface area (Å²) in [6.45, 7) is 0. The van der Waals surface area contributed by atoms with Crippen molar-refractivity contribution in [3.63, 3.8) is 0 Å². The Hall–Kier alpha value is -0.600. The van der Waals surface area contributed by atoms with E-state index in [4.69, 9.17) is 0 Å². The third-order valence-corrected chi connectivity index (χ3v) is 0.282. The zero-order valence-corrected chi connectivity index (χ0v) is 3.30. The zero-order valence-electron chi connectivity index (χ0n) is 3.30. The predicted octanol–water partition coefficient (Wildman–Crippen LogP) is 0.314. The van der Waals surface area contributed by atoms with Crippen LogP contribution in [0.2, 0.25) is 0 Å². The molecule has 0 atom stereocenters. The van der Waals surface area contributed by atoms with Crippen LogP contribution >= 0.6 is 0 Å². The van der Waals surface area contributed by atoms with Crippen LogP contribution in [-0.4, -0.2) is 19.0 Å². The molecular weight excluding hydrogens is 68.0 g/mol. The summed E-state index contributed by atoms with van der Waals surface area (Å²) in [5.74, 6) is 0. The van der Waals surface area contributed by atoms with Gasteiger partial charge in [0.1, 0.15) is 0 Å². The first-order valence-electron chi connectivity index (χ1n) is 1.28. The maximum Gasteiger partial charge on any atom is 0.177 e. The molecule has 0 aromatic carbocycles. The summed E-state index contributed by atoms with van der Waals surface area (Å²) in [7, 11) is 2.77. The molecule has 0 amide bonds. The van der Waals surface area contributed by atoms with Crippen molar-refractivity contribution in [3.05, 3.63) is 10.3 Å². The van der Waals surface area contributed by atoms with Gasteiger partial charge in [0.2, 0.25) is 0 Å². The molecule has 0 heterocycles. The normalized spacial score (nSPS) is 6.80. The first-order valence-corrected chi connectivity index (χ1v) is 1.28. The number of hydrogen-bond acceptors (Lipinski definition) is 1. The molecule has 0 N–H and O–H groups in total. The van der Waals surface area contributed by atoms with Crippen LogP contribution in [0, 0.1) is 4.91 Å². The Morgan fingerprint density at radius 2 is 2.00 bits per heavy atom. The lowest BCUT2D eigenvalue weighted by Crippen LogP contribution is -1.86. The van der Waals surface area contributed by atoms with Gasteiger partial charge < -0.3 is 5.43 Å². The van der Waals surface area contributed by atoms with Gasteiger partial charge in [-0.1, -0.05) is 7.05 Å². The molecule has 0 aromatic heterocycles. The van der Waals surface area contributed by atoms with E-state index in [0.717, 1.165) is 0 Å². The van der Waals surface area contributed by atoms with E-state index < -0.39 is 0 Å². The van der Waals surface area contributed by atoms with Gasteiger partial charge in [-0.15, -0.1) is 0 Å². The van der Waals surface area contributed by atoms with Crippen molar-refractivity contribution in [3.8, 4) is 0 Å². The average Bonchev–Trinajstić information content (AvgIpc) is 1.38. The van der Waals surface area contributed by atoms with Gasteiger partial charge in [-0.2, -0.15) is 0 Å². The number of nitrogens with zero attached hydrogens (tertiary/aromatic N) is 2. The Morgan fingerprint density at radius 1 is 1.80 bits per heavy atom. The lowest BCUT2D eigenvalue weighted by Gasteiger charge is -1.88. The Morgan fingerprint density at radius 3 is 2.00 bits per heavy atom. The van der Waals surface area contributed by atoms with E-state index in [9.17, 15) is 4.91 Å². The summed E-state index contributed by atoms with van der Waals surface area (Å²) in [5.41, 5.74) is 3.17. The third kappa shape index (κ3) is 3.40. The molecule has 0 bridgehead atoms. The van der Waals surface area contributed by atoms with Crippen LogP contribution in [0.5, 0.6) is 0 Å². The van der Waals surface area contributed by atoms with Gasteiger partial charge in [0.25, 0.3) is 0 Å². The molecule has 0 spiro atoms. The Labute approximate surface area is 30.5 Å². The molecule has 0 fully saturated rings. The Bertz CT molecular complexity index is 42.9. The highest BCUT2D eigenvalue weighted by molar-refractivity contribution is 4.33. The SMILES string of the molecule is C[N-][N+](C)=O. The summed E-state index contributed by atoms with van der Waals surface area (Å²) >= 11 is 0. The molecule has 0 unspecified atom stereocenters. The third-order valence-electron chi connectivity index (χ3n) is 0.282. The van der Waals surface area contributed by atoms with Crippen LogP contribution in [0.25, 0.3) is 5.43 Å². The summed E-state index contributed by atoms with van der Waals surface area (Å²) in [4.78, 5) is 10.1. The van der Waals surface area contributed by atoms with E-state index in [1.165, 1.54) is 14.1 Å². The minimum Gasteiger partial charge on any atom is -0.395 e. The quantitative estimate of drug-likeness (QED) is 0.325. The average molecular weight is 74.1 g/mol. The number of rotatable bonds is 1. The van der Waals surface area contributed by atoms with Crippen molar-refractivity contribution in [1.82, 2.24) is 0 Å². The van der Waals surface area contributed by atoms with Crippen LogP contribution in [0.15, 0.2) is 0 Å².